The minimum absolute atomic E-state index is 0.160. The highest BCUT2D eigenvalue weighted by molar-refractivity contribution is 5.90. The lowest BCUT2D eigenvalue weighted by molar-refractivity contribution is -0.150. The van der Waals surface area contributed by atoms with Gasteiger partial charge in [-0.3, -0.25) is 9.59 Å². The van der Waals surface area contributed by atoms with Crippen molar-refractivity contribution in [2.75, 3.05) is 0 Å². The van der Waals surface area contributed by atoms with Crippen LogP contribution in [0, 0.1) is 23.2 Å². The molecule has 4 atom stereocenters. The molecule has 2 fully saturated rings. The normalized spacial score (nSPS) is 41.8. The van der Waals surface area contributed by atoms with E-state index in [0.29, 0.717) is 11.7 Å². The fourth-order valence-electron chi connectivity index (χ4n) is 3.73. The van der Waals surface area contributed by atoms with Gasteiger partial charge in [0.1, 0.15) is 11.9 Å². The number of ether oxygens (including phenoxy) is 1. The summed E-state index contributed by atoms with van der Waals surface area (Å²) in [7, 11) is 0. The summed E-state index contributed by atoms with van der Waals surface area (Å²) in [5.41, 5.74) is 0.485. The number of allylic oxidation sites excluding steroid dienone is 1. The Hall–Kier alpha value is -1.12. The van der Waals surface area contributed by atoms with Gasteiger partial charge >= 0.3 is 5.97 Å². The third kappa shape index (κ3) is 1.42. The van der Waals surface area contributed by atoms with Gasteiger partial charge in [-0.1, -0.05) is 19.4 Å². The lowest BCUT2D eigenvalue weighted by Crippen LogP contribution is -2.30. The van der Waals surface area contributed by atoms with Crippen LogP contribution >= 0.6 is 0 Å². The molecule has 0 aromatic rings. The summed E-state index contributed by atoms with van der Waals surface area (Å²) in [6.45, 7) is 5.73. The molecule has 0 bridgehead atoms. The van der Waals surface area contributed by atoms with E-state index in [1.54, 1.807) is 0 Å². The molecule has 0 aromatic heterocycles. The second kappa shape index (κ2) is 3.69. The highest BCUT2D eigenvalue weighted by Crippen LogP contribution is 2.48. The Kier molecular flexibility index (Phi) is 2.45. The van der Waals surface area contributed by atoms with E-state index in [1.165, 1.54) is 0 Å². The molecule has 18 heavy (non-hydrogen) atoms. The Labute approximate surface area is 108 Å². The van der Waals surface area contributed by atoms with Crippen LogP contribution in [0.4, 0.5) is 0 Å². The van der Waals surface area contributed by atoms with Crippen molar-refractivity contribution >= 4 is 11.8 Å². The van der Waals surface area contributed by atoms with Crippen molar-refractivity contribution in [3.63, 3.8) is 0 Å². The highest BCUT2D eigenvalue weighted by Gasteiger charge is 2.53. The number of ketones is 1. The first kappa shape index (κ1) is 11.9. The molecule has 3 rings (SSSR count). The summed E-state index contributed by atoms with van der Waals surface area (Å²) >= 11 is 0. The Bertz CT molecular complexity index is 447. The standard InChI is InChI=1S/C15H20O3/c1-8-12(16)10-6-4-5-9(10)7-11-13(8)18-14(17)15(11,2)3/h7-10,13H,4-6H2,1-3H3. The number of carbonyl (C=O) groups excluding carboxylic acids is 2. The molecule has 3 aliphatic rings. The van der Waals surface area contributed by atoms with Gasteiger partial charge in [-0.15, -0.1) is 0 Å². The summed E-state index contributed by atoms with van der Waals surface area (Å²) in [4.78, 5) is 24.4. The van der Waals surface area contributed by atoms with Gasteiger partial charge in [0, 0.05) is 5.92 Å². The van der Waals surface area contributed by atoms with Gasteiger partial charge in [0.25, 0.3) is 0 Å². The van der Waals surface area contributed by atoms with Crippen molar-refractivity contribution in [2.45, 2.75) is 46.1 Å². The first-order valence-corrected chi connectivity index (χ1v) is 6.90. The van der Waals surface area contributed by atoms with Gasteiger partial charge in [0.2, 0.25) is 0 Å². The summed E-state index contributed by atoms with van der Waals surface area (Å²) in [5.74, 6) is 0.408. The molecule has 0 spiro atoms. The topological polar surface area (TPSA) is 43.4 Å². The molecule has 1 aliphatic heterocycles. The molecule has 0 aromatic carbocycles. The van der Waals surface area contributed by atoms with E-state index in [2.05, 4.69) is 6.08 Å². The van der Waals surface area contributed by atoms with Crippen LogP contribution in [0.1, 0.15) is 40.0 Å². The van der Waals surface area contributed by atoms with Gasteiger partial charge in [0.15, 0.2) is 0 Å². The molecular weight excluding hydrogens is 228 g/mol. The molecule has 1 saturated heterocycles. The van der Waals surface area contributed by atoms with Gasteiger partial charge < -0.3 is 4.74 Å². The number of esters is 1. The number of rotatable bonds is 0. The van der Waals surface area contributed by atoms with Crippen molar-refractivity contribution in [1.29, 1.82) is 0 Å². The van der Waals surface area contributed by atoms with Gasteiger partial charge in [-0.25, -0.2) is 0 Å². The van der Waals surface area contributed by atoms with Gasteiger partial charge in [-0.2, -0.15) is 0 Å². The zero-order valence-electron chi connectivity index (χ0n) is 11.2. The molecule has 0 N–H and O–H groups in total. The van der Waals surface area contributed by atoms with Crippen molar-refractivity contribution in [3.8, 4) is 0 Å². The number of carbonyl (C=O) groups is 2. The zero-order chi connectivity index (χ0) is 13.1. The third-order valence-electron chi connectivity index (χ3n) is 5.00. The summed E-state index contributed by atoms with van der Waals surface area (Å²) in [5, 5.41) is 0. The average molecular weight is 248 g/mol. The second-order valence-corrected chi connectivity index (χ2v) is 6.47. The van der Waals surface area contributed by atoms with E-state index >= 15 is 0 Å². The van der Waals surface area contributed by atoms with Crippen molar-refractivity contribution in [3.05, 3.63) is 11.6 Å². The minimum Gasteiger partial charge on any atom is -0.456 e. The summed E-state index contributed by atoms with van der Waals surface area (Å²) in [6.07, 6.45) is 5.07. The lowest BCUT2D eigenvalue weighted by Gasteiger charge is -2.20. The third-order valence-corrected chi connectivity index (χ3v) is 5.00. The molecule has 3 nitrogen and oxygen atoms in total. The highest BCUT2D eigenvalue weighted by atomic mass is 16.6. The van der Waals surface area contributed by atoms with Crippen LogP contribution < -0.4 is 0 Å². The maximum Gasteiger partial charge on any atom is 0.316 e. The molecule has 2 aliphatic carbocycles. The zero-order valence-corrected chi connectivity index (χ0v) is 11.2. The molecule has 1 heterocycles. The summed E-state index contributed by atoms with van der Waals surface area (Å²) in [6, 6.07) is 0. The smallest absolute Gasteiger partial charge is 0.316 e. The fourth-order valence-corrected chi connectivity index (χ4v) is 3.73. The number of hydrogen-bond donors (Lipinski definition) is 0. The van der Waals surface area contributed by atoms with E-state index in [4.69, 9.17) is 4.74 Å². The van der Waals surface area contributed by atoms with Crippen molar-refractivity contribution < 1.29 is 14.3 Å². The quantitative estimate of drug-likeness (QED) is 0.488. The average Bonchev–Trinajstić information content (AvgIpc) is 2.83. The predicted octanol–water partition coefficient (Wildman–Crippen LogP) is 2.50. The van der Waals surface area contributed by atoms with Gasteiger partial charge in [-0.05, 0) is 38.2 Å². The first-order chi connectivity index (χ1) is 8.43. The molecule has 98 valence electrons. The maximum absolute atomic E-state index is 12.5. The van der Waals surface area contributed by atoms with Crippen LogP contribution in [-0.2, 0) is 14.3 Å². The van der Waals surface area contributed by atoms with E-state index in [-0.39, 0.29) is 23.9 Å². The predicted molar refractivity (Wildman–Crippen MR) is 66.7 cm³/mol. The second-order valence-electron chi connectivity index (χ2n) is 6.47. The van der Waals surface area contributed by atoms with Crippen molar-refractivity contribution in [1.82, 2.24) is 0 Å². The first-order valence-electron chi connectivity index (χ1n) is 6.90. The van der Waals surface area contributed by atoms with Crippen LogP contribution in [0.2, 0.25) is 0 Å². The Morgan fingerprint density at radius 2 is 2.00 bits per heavy atom. The molecular formula is C15H20O3. The summed E-state index contributed by atoms with van der Waals surface area (Å²) < 4.78 is 5.48. The number of hydrogen-bond acceptors (Lipinski definition) is 3. The van der Waals surface area contributed by atoms with Crippen LogP contribution in [0.3, 0.4) is 0 Å². The Balaban J connectivity index is 2.08. The van der Waals surface area contributed by atoms with Crippen LogP contribution in [0.15, 0.2) is 11.6 Å². The van der Waals surface area contributed by atoms with Crippen LogP contribution in [-0.4, -0.2) is 17.9 Å². The van der Waals surface area contributed by atoms with E-state index < -0.39 is 5.41 Å². The lowest BCUT2D eigenvalue weighted by atomic mass is 9.80. The molecule has 4 unspecified atom stereocenters. The van der Waals surface area contributed by atoms with Crippen LogP contribution in [0.5, 0.6) is 0 Å². The number of fused-ring (bicyclic) bond motifs is 2. The van der Waals surface area contributed by atoms with Gasteiger partial charge in [0.05, 0.1) is 11.3 Å². The maximum atomic E-state index is 12.5. The largest absolute Gasteiger partial charge is 0.456 e. The Morgan fingerprint density at radius 1 is 1.28 bits per heavy atom. The monoisotopic (exact) mass is 248 g/mol. The van der Waals surface area contributed by atoms with Crippen LogP contribution in [0.25, 0.3) is 0 Å². The molecule has 0 amide bonds. The number of Topliss-reactive ketones (excluding diaryl/α,β-unsaturated/α-hetero) is 1. The van der Waals surface area contributed by atoms with E-state index in [1.807, 2.05) is 20.8 Å². The van der Waals surface area contributed by atoms with E-state index in [0.717, 1.165) is 24.8 Å². The molecule has 3 heteroatoms. The molecule has 1 saturated carbocycles. The fraction of sp³-hybridized carbons (Fsp3) is 0.733. The van der Waals surface area contributed by atoms with Crippen molar-refractivity contribution in [2.24, 2.45) is 23.2 Å². The molecule has 0 radical (unpaired) electrons. The van der Waals surface area contributed by atoms with E-state index in [9.17, 15) is 9.59 Å². The Morgan fingerprint density at radius 3 is 2.72 bits per heavy atom. The SMILES string of the molecule is CC1C(=O)C2CCCC2C=C2C1OC(=O)C2(C)C. The minimum atomic E-state index is -0.559.